The van der Waals surface area contributed by atoms with Crippen molar-refractivity contribution in [1.82, 2.24) is 5.32 Å². The second kappa shape index (κ2) is 10.1. The first-order valence-electron chi connectivity index (χ1n) is 8.57. The highest BCUT2D eigenvalue weighted by molar-refractivity contribution is 5.99. The molecule has 138 valence electrons. The second-order valence-corrected chi connectivity index (χ2v) is 5.69. The number of methoxy groups -OCH3 is 1. The minimum absolute atomic E-state index is 0.120. The molecule has 2 aromatic rings. The molecule has 0 unspecified atom stereocenters. The minimum atomic E-state index is -0.314. The summed E-state index contributed by atoms with van der Waals surface area (Å²) in [5.41, 5.74) is 1.08. The van der Waals surface area contributed by atoms with Crippen LogP contribution >= 0.6 is 0 Å². The van der Waals surface area contributed by atoms with Crippen LogP contribution in [-0.4, -0.2) is 32.1 Å². The maximum atomic E-state index is 12.1. The van der Waals surface area contributed by atoms with Crippen LogP contribution in [-0.2, 0) is 4.79 Å². The summed E-state index contributed by atoms with van der Waals surface area (Å²) >= 11 is 0. The molecular weight excluding hydrogens is 332 g/mol. The molecule has 0 radical (unpaired) electrons. The van der Waals surface area contributed by atoms with E-state index in [1.54, 1.807) is 55.6 Å². The van der Waals surface area contributed by atoms with Crippen LogP contribution in [0.4, 0.5) is 5.69 Å². The van der Waals surface area contributed by atoms with Gasteiger partial charge in [-0.15, -0.1) is 0 Å². The molecule has 2 N–H and O–H groups in total. The van der Waals surface area contributed by atoms with Crippen LogP contribution in [0.3, 0.4) is 0 Å². The highest BCUT2D eigenvalue weighted by atomic mass is 16.5. The summed E-state index contributed by atoms with van der Waals surface area (Å²) in [6, 6.07) is 13.9. The van der Waals surface area contributed by atoms with Crippen LogP contribution in [0.5, 0.6) is 11.5 Å². The predicted molar refractivity (Wildman–Crippen MR) is 101 cm³/mol. The van der Waals surface area contributed by atoms with Crippen LogP contribution < -0.4 is 20.1 Å². The molecule has 2 rings (SSSR count). The van der Waals surface area contributed by atoms with Gasteiger partial charge in [-0.05, 0) is 42.8 Å². The van der Waals surface area contributed by atoms with E-state index in [0.29, 0.717) is 23.6 Å². The number of hydrogen-bond donors (Lipinski definition) is 2. The van der Waals surface area contributed by atoms with Crippen molar-refractivity contribution >= 4 is 17.5 Å². The number of hydrogen-bond acceptors (Lipinski definition) is 4. The van der Waals surface area contributed by atoms with E-state index in [9.17, 15) is 9.59 Å². The molecule has 0 bridgehead atoms. The third kappa shape index (κ3) is 6.12. The highest BCUT2D eigenvalue weighted by Crippen LogP contribution is 2.16. The van der Waals surface area contributed by atoms with Gasteiger partial charge < -0.3 is 20.1 Å². The van der Waals surface area contributed by atoms with Crippen molar-refractivity contribution in [2.75, 3.05) is 25.6 Å². The van der Waals surface area contributed by atoms with Gasteiger partial charge in [0, 0.05) is 17.3 Å². The van der Waals surface area contributed by atoms with E-state index in [4.69, 9.17) is 9.47 Å². The zero-order valence-electron chi connectivity index (χ0n) is 15.1. The number of carbonyl (C=O) groups is 2. The Kier molecular flexibility index (Phi) is 7.49. The highest BCUT2D eigenvalue weighted by Gasteiger charge is 2.09. The Labute approximate surface area is 153 Å². The van der Waals surface area contributed by atoms with Gasteiger partial charge in [0.05, 0.1) is 20.3 Å². The maximum Gasteiger partial charge on any atom is 0.251 e. The van der Waals surface area contributed by atoms with Gasteiger partial charge in [-0.2, -0.15) is 0 Å². The number of unbranched alkanes of at least 4 members (excludes halogenated alkanes) is 1. The molecule has 0 aliphatic rings. The standard InChI is InChI=1S/C20H24N2O4/c1-3-4-12-26-17-10-8-15(9-11-17)20(24)21-14-19(23)22-16-6-5-7-18(13-16)25-2/h5-11,13H,3-4,12,14H2,1-2H3,(H,21,24)(H,22,23). The minimum Gasteiger partial charge on any atom is -0.497 e. The molecule has 6 heteroatoms. The molecular formula is C20H24N2O4. The second-order valence-electron chi connectivity index (χ2n) is 5.69. The Hall–Kier alpha value is -3.02. The Morgan fingerprint density at radius 1 is 1.04 bits per heavy atom. The van der Waals surface area contributed by atoms with Crippen molar-refractivity contribution in [1.29, 1.82) is 0 Å². The van der Waals surface area contributed by atoms with Gasteiger partial charge in [0.1, 0.15) is 11.5 Å². The van der Waals surface area contributed by atoms with Gasteiger partial charge in [-0.1, -0.05) is 19.4 Å². The first kappa shape index (κ1) is 19.3. The Morgan fingerprint density at radius 3 is 2.50 bits per heavy atom. The summed E-state index contributed by atoms with van der Waals surface area (Å²) in [4.78, 5) is 24.1. The summed E-state index contributed by atoms with van der Waals surface area (Å²) in [5.74, 6) is 0.746. The van der Waals surface area contributed by atoms with Crippen LogP contribution in [0, 0.1) is 0 Å². The monoisotopic (exact) mass is 356 g/mol. The lowest BCUT2D eigenvalue weighted by molar-refractivity contribution is -0.115. The molecule has 0 fully saturated rings. The number of benzene rings is 2. The topological polar surface area (TPSA) is 76.7 Å². The SMILES string of the molecule is CCCCOc1ccc(C(=O)NCC(=O)Nc2cccc(OC)c2)cc1. The van der Waals surface area contributed by atoms with Crippen molar-refractivity contribution in [2.45, 2.75) is 19.8 Å². The predicted octanol–water partition coefficient (Wildman–Crippen LogP) is 3.24. The average molecular weight is 356 g/mol. The van der Waals surface area contributed by atoms with Gasteiger partial charge in [0.2, 0.25) is 5.91 Å². The Morgan fingerprint density at radius 2 is 1.81 bits per heavy atom. The first-order chi connectivity index (χ1) is 12.6. The first-order valence-corrected chi connectivity index (χ1v) is 8.57. The quantitative estimate of drug-likeness (QED) is 0.676. The molecule has 2 amide bonds. The molecule has 6 nitrogen and oxygen atoms in total. The van der Waals surface area contributed by atoms with Crippen molar-refractivity contribution < 1.29 is 19.1 Å². The molecule has 0 aromatic heterocycles. The van der Waals surface area contributed by atoms with E-state index in [0.717, 1.165) is 18.6 Å². The normalized spacial score (nSPS) is 10.1. The summed E-state index contributed by atoms with van der Waals surface area (Å²) < 4.78 is 10.7. The number of carbonyl (C=O) groups excluding carboxylic acids is 2. The lowest BCUT2D eigenvalue weighted by Crippen LogP contribution is -2.32. The van der Waals surface area contributed by atoms with Crippen LogP contribution in [0.2, 0.25) is 0 Å². The van der Waals surface area contributed by atoms with Crippen LogP contribution in [0.25, 0.3) is 0 Å². The number of ether oxygens (including phenoxy) is 2. The maximum absolute atomic E-state index is 12.1. The van der Waals surface area contributed by atoms with Gasteiger partial charge in [0.25, 0.3) is 5.91 Å². The molecule has 0 atom stereocenters. The van der Waals surface area contributed by atoms with Crippen molar-refractivity contribution in [3.05, 3.63) is 54.1 Å². The van der Waals surface area contributed by atoms with Gasteiger partial charge >= 0.3 is 0 Å². The number of amides is 2. The van der Waals surface area contributed by atoms with Gasteiger partial charge in [-0.25, -0.2) is 0 Å². The van der Waals surface area contributed by atoms with E-state index in [-0.39, 0.29) is 18.4 Å². The fourth-order valence-electron chi connectivity index (χ4n) is 2.21. The Bertz CT molecular complexity index is 729. The van der Waals surface area contributed by atoms with Crippen LogP contribution in [0.15, 0.2) is 48.5 Å². The fraction of sp³-hybridized carbons (Fsp3) is 0.300. The lowest BCUT2D eigenvalue weighted by Gasteiger charge is -2.09. The van der Waals surface area contributed by atoms with Gasteiger partial charge in [-0.3, -0.25) is 9.59 Å². The third-order valence-corrected chi connectivity index (χ3v) is 3.65. The van der Waals surface area contributed by atoms with E-state index in [1.165, 1.54) is 0 Å². The van der Waals surface area contributed by atoms with Crippen molar-refractivity contribution in [3.8, 4) is 11.5 Å². The number of anilines is 1. The van der Waals surface area contributed by atoms with Crippen molar-refractivity contribution in [2.24, 2.45) is 0 Å². The summed E-state index contributed by atoms with van der Waals surface area (Å²) in [6.45, 7) is 2.64. The zero-order valence-corrected chi connectivity index (χ0v) is 15.1. The van der Waals surface area contributed by atoms with Gasteiger partial charge in [0.15, 0.2) is 0 Å². The zero-order chi connectivity index (χ0) is 18.8. The summed E-state index contributed by atoms with van der Waals surface area (Å²) in [5, 5.41) is 5.30. The number of rotatable bonds is 9. The molecule has 0 aliphatic heterocycles. The van der Waals surface area contributed by atoms with E-state index < -0.39 is 0 Å². The smallest absolute Gasteiger partial charge is 0.251 e. The average Bonchev–Trinajstić information content (AvgIpc) is 2.67. The molecule has 0 heterocycles. The van der Waals surface area contributed by atoms with E-state index >= 15 is 0 Å². The Balaban J connectivity index is 1.80. The summed E-state index contributed by atoms with van der Waals surface area (Å²) in [6.07, 6.45) is 2.06. The molecule has 0 spiro atoms. The molecule has 0 saturated heterocycles. The molecule has 2 aromatic carbocycles. The molecule has 26 heavy (non-hydrogen) atoms. The lowest BCUT2D eigenvalue weighted by atomic mass is 10.2. The number of nitrogens with one attached hydrogen (secondary N) is 2. The van der Waals surface area contributed by atoms with Crippen LogP contribution in [0.1, 0.15) is 30.1 Å². The van der Waals surface area contributed by atoms with E-state index in [1.807, 2.05) is 0 Å². The molecule has 0 aliphatic carbocycles. The third-order valence-electron chi connectivity index (χ3n) is 3.65. The van der Waals surface area contributed by atoms with E-state index in [2.05, 4.69) is 17.6 Å². The summed E-state index contributed by atoms with van der Waals surface area (Å²) in [7, 11) is 1.56. The van der Waals surface area contributed by atoms with Crippen molar-refractivity contribution in [3.63, 3.8) is 0 Å². The largest absolute Gasteiger partial charge is 0.497 e. The fourth-order valence-corrected chi connectivity index (χ4v) is 2.21. The molecule has 0 saturated carbocycles.